The summed E-state index contributed by atoms with van der Waals surface area (Å²) in [6.07, 6.45) is 0.713. The SMILES string of the molecule is COCc1cccc(NC(=O)[C@@H](C)Cc2cccc3ccccc23)c1. The molecule has 0 saturated carbocycles. The first-order valence-electron chi connectivity index (χ1n) is 8.53. The fraction of sp³-hybridized carbons (Fsp3) is 0.227. The van der Waals surface area contributed by atoms with Crippen molar-refractivity contribution < 1.29 is 9.53 Å². The van der Waals surface area contributed by atoms with E-state index in [1.807, 2.05) is 43.3 Å². The molecule has 0 unspecified atom stereocenters. The monoisotopic (exact) mass is 333 g/mol. The standard InChI is InChI=1S/C22H23NO2/c1-16(13-19-10-6-9-18-8-3-4-12-21(18)19)22(24)23-20-11-5-7-17(14-20)15-25-2/h3-12,14,16H,13,15H2,1-2H3,(H,23,24)/t16-/m0/s1. The van der Waals surface area contributed by atoms with E-state index in [0.29, 0.717) is 13.0 Å². The van der Waals surface area contributed by atoms with Gasteiger partial charge in [0.15, 0.2) is 0 Å². The molecule has 3 nitrogen and oxygen atoms in total. The first-order chi connectivity index (χ1) is 12.2. The van der Waals surface area contributed by atoms with Crippen LogP contribution in [0.5, 0.6) is 0 Å². The molecule has 3 aromatic carbocycles. The molecule has 3 rings (SSSR count). The molecule has 128 valence electrons. The molecule has 1 N–H and O–H groups in total. The third-order valence-electron chi connectivity index (χ3n) is 4.36. The first-order valence-corrected chi connectivity index (χ1v) is 8.53. The molecular formula is C22H23NO2. The van der Waals surface area contributed by atoms with Crippen molar-refractivity contribution in [1.82, 2.24) is 0 Å². The second-order valence-corrected chi connectivity index (χ2v) is 6.37. The molecule has 0 aromatic heterocycles. The number of carbonyl (C=O) groups is 1. The minimum absolute atomic E-state index is 0.0301. The van der Waals surface area contributed by atoms with E-state index in [1.165, 1.54) is 16.3 Å². The summed E-state index contributed by atoms with van der Waals surface area (Å²) < 4.78 is 5.14. The third kappa shape index (κ3) is 4.25. The summed E-state index contributed by atoms with van der Waals surface area (Å²) in [6, 6.07) is 22.3. The Bertz CT molecular complexity index is 867. The molecule has 0 fully saturated rings. The average Bonchev–Trinajstić information content (AvgIpc) is 2.62. The molecule has 0 saturated heterocycles. The summed E-state index contributed by atoms with van der Waals surface area (Å²) in [5, 5.41) is 5.44. The highest BCUT2D eigenvalue weighted by atomic mass is 16.5. The van der Waals surface area contributed by atoms with Crippen LogP contribution in [0.2, 0.25) is 0 Å². The van der Waals surface area contributed by atoms with Crippen molar-refractivity contribution in [3.63, 3.8) is 0 Å². The number of amides is 1. The van der Waals surface area contributed by atoms with Gasteiger partial charge >= 0.3 is 0 Å². The van der Waals surface area contributed by atoms with Crippen molar-refractivity contribution in [3.8, 4) is 0 Å². The minimum Gasteiger partial charge on any atom is -0.380 e. The van der Waals surface area contributed by atoms with E-state index in [0.717, 1.165) is 11.3 Å². The summed E-state index contributed by atoms with van der Waals surface area (Å²) >= 11 is 0. The maximum absolute atomic E-state index is 12.6. The molecule has 0 aliphatic rings. The Kier molecular flexibility index (Phi) is 5.46. The van der Waals surface area contributed by atoms with Crippen LogP contribution in [0.1, 0.15) is 18.1 Å². The van der Waals surface area contributed by atoms with Crippen molar-refractivity contribution in [2.24, 2.45) is 5.92 Å². The Labute approximate surface area is 148 Å². The zero-order chi connectivity index (χ0) is 17.6. The first kappa shape index (κ1) is 17.2. The number of ether oxygens (including phenoxy) is 1. The van der Waals surface area contributed by atoms with Crippen molar-refractivity contribution in [2.45, 2.75) is 20.0 Å². The van der Waals surface area contributed by atoms with Crippen LogP contribution < -0.4 is 5.32 Å². The van der Waals surface area contributed by atoms with E-state index >= 15 is 0 Å². The van der Waals surface area contributed by atoms with Gasteiger partial charge in [0.05, 0.1) is 6.61 Å². The van der Waals surface area contributed by atoms with Crippen molar-refractivity contribution in [1.29, 1.82) is 0 Å². The fourth-order valence-corrected chi connectivity index (χ4v) is 3.06. The lowest BCUT2D eigenvalue weighted by Gasteiger charge is -2.14. The second-order valence-electron chi connectivity index (χ2n) is 6.37. The van der Waals surface area contributed by atoms with Gasteiger partial charge in [0.2, 0.25) is 5.91 Å². The predicted octanol–water partition coefficient (Wildman–Crippen LogP) is 4.80. The zero-order valence-corrected chi connectivity index (χ0v) is 14.7. The lowest BCUT2D eigenvalue weighted by Crippen LogP contribution is -2.22. The predicted molar refractivity (Wildman–Crippen MR) is 103 cm³/mol. The topological polar surface area (TPSA) is 38.3 Å². The van der Waals surface area contributed by atoms with Crippen LogP contribution in [-0.2, 0) is 22.6 Å². The van der Waals surface area contributed by atoms with Gasteiger partial charge in [-0.1, -0.05) is 61.5 Å². The molecule has 0 heterocycles. The summed E-state index contributed by atoms with van der Waals surface area (Å²) in [6.45, 7) is 2.51. The lowest BCUT2D eigenvalue weighted by atomic mass is 9.95. The van der Waals surface area contributed by atoms with Gasteiger partial charge in [-0.05, 0) is 40.5 Å². The van der Waals surface area contributed by atoms with Crippen LogP contribution in [0, 0.1) is 5.92 Å². The van der Waals surface area contributed by atoms with E-state index in [4.69, 9.17) is 4.74 Å². The number of hydrogen-bond donors (Lipinski definition) is 1. The molecule has 1 atom stereocenters. The molecule has 0 aliphatic heterocycles. The van der Waals surface area contributed by atoms with E-state index in [2.05, 4.69) is 35.6 Å². The quantitative estimate of drug-likeness (QED) is 0.703. The summed E-state index contributed by atoms with van der Waals surface area (Å²) in [4.78, 5) is 12.6. The molecule has 0 bridgehead atoms. The second kappa shape index (κ2) is 7.95. The van der Waals surface area contributed by atoms with Crippen molar-refractivity contribution in [3.05, 3.63) is 77.9 Å². The van der Waals surface area contributed by atoms with Crippen LogP contribution in [-0.4, -0.2) is 13.0 Å². The number of fused-ring (bicyclic) bond motifs is 1. The Hall–Kier alpha value is -2.65. The van der Waals surface area contributed by atoms with Gasteiger partial charge in [0, 0.05) is 18.7 Å². The van der Waals surface area contributed by atoms with Gasteiger partial charge in [-0.2, -0.15) is 0 Å². The Balaban J connectivity index is 1.71. The molecular weight excluding hydrogens is 310 g/mol. The fourth-order valence-electron chi connectivity index (χ4n) is 3.06. The summed E-state index contributed by atoms with van der Waals surface area (Å²) in [5.74, 6) is -0.0839. The van der Waals surface area contributed by atoms with Crippen LogP contribution >= 0.6 is 0 Å². The number of methoxy groups -OCH3 is 1. The van der Waals surface area contributed by atoms with Crippen LogP contribution in [0.15, 0.2) is 66.7 Å². The highest BCUT2D eigenvalue weighted by molar-refractivity contribution is 5.93. The normalized spacial score (nSPS) is 12.1. The molecule has 1 amide bonds. The number of hydrogen-bond acceptors (Lipinski definition) is 2. The Morgan fingerprint density at radius 2 is 1.80 bits per heavy atom. The van der Waals surface area contributed by atoms with Crippen LogP contribution in [0.4, 0.5) is 5.69 Å². The summed E-state index contributed by atoms with van der Waals surface area (Å²) in [5.41, 5.74) is 3.06. The maximum atomic E-state index is 12.6. The van der Waals surface area contributed by atoms with E-state index in [9.17, 15) is 4.79 Å². The molecule has 3 aromatic rings. The number of anilines is 1. The molecule has 0 aliphatic carbocycles. The number of rotatable bonds is 6. The lowest BCUT2D eigenvalue weighted by molar-refractivity contribution is -0.119. The highest BCUT2D eigenvalue weighted by Gasteiger charge is 2.15. The van der Waals surface area contributed by atoms with Gasteiger partial charge in [-0.15, -0.1) is 0 Å². The molecule has 3 heteroatoms. The third-order valence-corrected chi connectivity index (χ3v) is 4.36. The number of nitrogens with one attached hydrogen (secondary N) is 1. The number of benzene rings is 3. The van der Waals surface area contributed by atoms with Gasteiger partial charge in [0.1, 0.15) is 0 Å². The van der Waals surface area contributed by atoms with Crippen LogP contribution in [0.25, 0.3) is 10.8 Å². The van der Waals surface area contributed by atoms with E-state index < -0.39 is 0 Å². The van der Waals surface area contributed by atoms with Crippen molar-refractivity contribution in [2.75, 3.05) is 12.4 Å². The Morgan fingerprint density at radius 1 is 1.04 bits per heavy atom. The summed E-state index contributed by atoms with van der Waals surface area (Å²) in [7, 11) is 1.66. The maximum Gasteiger partial charge on any atom is 0.227 e. The highest BCUT2D eigenvalue weighted by Crippen LogP contribution is 2.22. The largest absolute Gasteiger partial charge is 0.380 e. The molecule has 0 radical (unpaired) electrons. The van der Waals surface area contributed by atoms with E-state index in [1.54, 1.807) is 7.11 Å². The number of carbonyl (C=O) groups excluding carboxylic acids is 1. The van der Waals surface area contributed by atoms with Gasteiger partial charge < -0.3 is 10.1 Å². The van der Waals surface area contributed by atoms with Gasteiger partial charge in [0.25, 0.3) is 0 Å². The average molecular weight is 333 g/mol. The van der Waals surface area contributed by atoms with Gasteiger partial charge in [-0.25, -0.2) is 0 Å². The van der Waals surface area contributed by atoms with Crippen LogP contribution in [0.3, 0.4) is 0 Å². The smallest absolute Gasteiger partial charge is 0.227 e. The van der Waals surface area contributed by atoms with Gasteiger partial charge in [-0.3, -0.25) is 4.79 Å². The van der Waals surface area contributed by atoms with Crippen molar-refractivity contribution >= 4 is 22.4 Å². The molecule has 25 heavy (non-hydrogen) atoms. The zero-order valence-electron chi connectivity index (χ0n) is 14.7. The molecule has 0 spiro atoms. The Morgan fingerprint density at radius 3 is 2.64 bits per heavy atom. The van der Waals surface area contributed by atoms with E-state index in [-0.39, 0.29) is 11.8 Å². The minimum atomic E-state index is -0.114.